The van der Waals surface area contributed by atoms with Crippen LogP contribution >= 0.6 is 8.15 Å². The monoisotopic (exact) mass is 334 g/mol. The molecule has 1 unspecified atom stereocenters. The van der Waals surface area contributed by atoms with E-state index in [0.717, 1.165) is 12.2 Å². The van der Waals surface area contributed by atoms with Crippen LogP contribution in [0.1, 0.15) is 31.7 Å². The van der Waals surface area contributed by atoms with Crippen molar-refractivity contribution in [1.82, 2.24) is 0 Å². The Labute approximate surface area is 146 Å². The standard InChI is InChI=1S/C22H23OP/c1-3-18(2)19-14-16-20(17-15-19)23-24(21-10-6-4-7-11-21)22-12-8-5-9-13-22/h4-18H,3H2,1-2H3. The molecule has 0 heterocycles. The summed E-state index contributed by atoms with van der Waals surface area (Å²) >= 11 is 0. The second-order valence-electron chi connectivity index (χ2n) is 5.94. The Balaban J connectivity index is 1.87. The molecule has 0 spiro atoms. The van der Waals surface area contributed by atoms with Crippen molar-refractivity contribution in [1.29, 1.82) is 0 Å². The Kier molecular flexibility index (Phi) is 5.67. The summed E-state index contributed by atoms with van der Waals surface area (Å²) in [5.41, 5.74) is 1.37. The molecule has 3 rings (SSSR count). The Bertz CT molecular complexity index is 698. The van der Waals surface area contributed by atoms with E-state index in [1.807, 2.05) is 12.1 Å². The lowest BCUT2D eigenvalue weighted by Gasteiger charge is -2.20. The van der Waals surface area contributed by atoms with Crippen LogP contribution in [0.25, 0.3) is 0 Å². The minimum absolute atomic E-state index is 0.587. The fraction of sp³-hybridized carbons (Fsp3) is 0.182. The van der Waals surface area contributed by atoms with Crippen LogP contribution in [-0.4, -0.2) is 0 Å². The van der Waals surface area contributed by atoms with Crippen LogP contribution in [-0.2, 0) is 0 Å². The van der Waals surface area contributed by atoms with Gasteiger partial charge >= 0.3 is 0 Å². The third-order valence-electron chi connectivity index (χ3n) is 4.24. The quantitative estimate of drug-likeness (QED) is 0.531. The Morgan fingerprint density at radius 2 is 1.25 bits per heavy atom. The molecule has 0 aliphatic rings. The van der Waals surface area contributed by atoms with Gasteiger partial charge in [0, 0.05) is 10.6 Å². The Hall–Kier alpha value is -2.11. The first-order valence-electron chi connectivity index (χ1n) is 8.46. The number of hydrogen-bond donors (Lipinski definition) is 0. The molecule has 24 heavy (non-hydrogen) atoms. The zero-order valence-electron chi connectivity index (χ0n) is 14.2. The van der Waals surface area contributed by atoms with E-state index in [1.165, 1.54) is 16.2 Å². The summed E-state index contributed by atoms with van der Waals surface area (Å²) in [6.07, 6.45) is 1.15. The van der Waals surface area contributed by atoms with E-state index in [2.05, 4.69) is 86.6 Å². The molecule has 122 valence electrons. The molecular weight excluding hydrogens is 311 g/mol. The lowest BCUT2D eigenvalue weighted by atomic mass is 9.99. The third kappa shape index (κ3) is 4.04. The molecule has 3 aromatic carbocycles. The first-order valence-corrected chi connectivity index (χ1v) is 9.72. The van der Waals surface area contributed by atoms with Crippen molar-refractivity contribution >= 4 is 18.8 Å². The third-order valence-corrected chi connectivity index (χ3v) is 6.17. The summed E-state index contributed by atoms with van der Waals surface area (Å²) in [5, 5.41) is 2.45. The topological polar surface area (TPSA) is 9.23 Å². The predicted octanol–water partition coefficient (Wildman–Crippen LogP) is 5.63. The van der Waals surface area contributed by atoms with Crippen molar-refractivity contribution < 1.29 is 4.52 Å². The van der Waals surface area contributed by atoms with Crippen LogP contribution in [0.2, 0.25) is 0 Å². The second kappa shape index (κ2) is 8.13. The van der Waals surface area contributed by atoms with E-state index in [1.54, 1.807) is 0 Å². The summed E-state index contributed by atoms with van der Waals surface area (Å²) in [6.45, 7) is 4.48. The zero-order chi connectivity index (χ0) is 16.8. The van der Waals surface area contributed by atoms with Gasteiger partial charge in [-0.3, -0.25) is 0 Å². The highest BCUT2D eigenvalue weighted by molar-refractivity contribution is 7.68. The van der Waals surface area contributed by atoms with Crippen LogP contribution in [0, 0.1) is 0 Å². The van der Waals surface area contributed by atoms with E-state index in [0.29, 0.717) is 5.92 Å². The van der Waals surface area contributed by atoms with Gasteiger partial charge in [0.15, 0.2) is 8.15 Å². The van der Waals surface area contributed by atoms with Crippen molar-refractivity contribution in [2.75, 3.05) is 0 Å². The van der Waals surface area contributed by atoms with Gasteiger partial charge in [-0.05, 0) is 30.0 Å². The molecule has 0 fully saturated rings. The predicted molar refractivity (Wildman–Crippen MR) is 105 cm³/mol. The molecule has 0 bridgehead atoms. The summed E-state index contributed by atoms with van der Waals surface area (Å²) in [6, 6.07) is 29.5. The Morgan fingerprint density at radius 1 is 0.750 bits per heavy atom. The molecule has 2 heteroatoms. The van der Waals surface area contributed by atoms with Gasteiger partial charge in [-0.2, -0.15) is 0 Å². The molecule has 0 saturated heterocycles. The van der Waals surface area contributed by atoms with E-state index in [-0.39, 0.29) is 0 Å². The van der Waals surface area contributed by atoms with E-state index in [9.17, 15) is 0 Å². The summed E-state index contributed by atoms with van der Waals surface area (Å²) in [7, 11) is -0.856. The maximum atomic E-state index is 6.42. The largest absolute Gasteiger partial charge is 0.464 e. The molecular formula is C22H23OP. The smallest absolute Gasteiger partial charge is 0.150 e. The van der Waals surface area contributed by atoms with Crippen LogP contribution in [0.15, 0.2) is 84.9 Å². The minimum Gasteiger partial charge on any atom is -0.464 e. The summed E-state index contributed by atoms with van der Waals surface area (Å²) in [5.74, 6) is 1.52. The summed E-state index contributed by atoms with van der Waals surface area (Å²) in [4.78, 5) is 0. The fourth-order valence-electron chi connectivity index (χ4n) is 2.58. The van der Waals surface area contributed by atoms with E-state index in [4.69, 9.17) is 4.52 Å². The average molecular weight is 334 g/mol. The minimum atomic E-state index is -0.856. The number of rotatable bonds is 6. The highest BCUT2D eigenvalue weighted by Gasteiger charge is 2.16. The highest BCUT2D eigenvalue weighted by Crippen LogP contribution is 2.37. The van der Waals surface area contributed by atoms with E-state index >= 15 is 0 Å². The molecule has 0 saturated carbocycles. The molecule has 1 nitrogen and oxygen atoms in total. The van der Waals surface area contributed by atoms with Crippen molar-refractivity contribution in [2.24, 2.45) is 0 Å². The molecule has 0 radical (unpaired) electrons. The average Bonchev–Trinajstić information content (AvgIpc) is 2.67. The lowest BCUT2D eigenvalue weighted by molar-refractivity contribution is 0.628. The van der Waals surface area contributed by atoms with Crippen molar-refractivity contribution in [2.45, 2.75) is 26.2 Å². The van der Waals surface area contributed by atoms with Gasteiger partial charge < -0.3 is 4.52 Å². The highest BCUT2D eigenvalue weighted by atomic mass is 31.1. The SMILES string of the molecule is CCC(C)c1ccc(OP(c2ccccc2)c2ccccc2)cc1. The summed E-state index contributed by atoms with van der Waals surface area (Å²) < 4.78 is 6.42. The van der Waals surface area contributed by atoms with Crippen molar-refractivity contribution in [3.63, 3.8) is 0 Å². The van der Waals surface area contributed by atoms with Gasteiger partial charge in [-0.1, -0.05) is 86.6 Å². The molecule has 0 aliphatic carbocycles. The van der Waals surface area contributed by atoms with Gasteiger partial charge in [0.05, 0.1) is 0 Å². The molecule has 0 aromatic heterocycles. The maximum absolute atomic E-state index is 6.42. The lowest BCUT2D eigenvalue weighted by Crippen LogP contribution is -2.15. The molecule has 0 aliphatic heterocycles. The normalized spacial score (nSPS) is 12.1. The zero-order valence-corrected chi connectivity index (χ0v) is 15.1. The molecule has 1 atom stereocenters. The molecule has 3 aromatic rings. The van der Waals surface area contributed by atoms with Crippen LogP contribution < -0.4 is 15.1 Å². The van der Waals surface area contributed by atoms with Gasteiger partial charge in [-0.15, -0.1) is 0 Å². The maximum Gasteiger partial charge on any atom is 0.150 e. The molecule has 0 N–H and O–H groups in total. The van der Waals surface area contributed by atoms with Gasteiger partial charge in [0.1, 0.15) is 5.75 Å². The number of hydrogen-bond acceptors (Lipinski definition) is 1. The van der Waals surface area contributed by atoms with Crippen molar-refractivity contribution in [3.8, 4) is 5.75 Å². The van der Waals surface area contributed by atoms with Gasteiger partial charge in [0.25, 0.3) is 0 Å². The molecule has 0 amide bonds. The van der Waals surface area contributed by atoms with E-state index < -0.39 is 8.15 Å². The Morgan fingerprint density at radius 3 is 1.71 bits per heavy atom. The first kappa shape index (κ1) is 16.7. The number of benzene rings is 3. The fourth-order valence-corrected chi connectivity index (χ4v) is 4.31. The van der Waals surface area contributed by atoms with Gasteiger partial charge in [0.2, 0.25) is 0 Å². The van der Waals surface area contributed by atoms with Gasteiger partial charge in [-0.25, -0.2) is 0 Å². The second-order valence-corrected chi connectivity index (χ2v) is 7.74. The van der Waals surface area contributed by atoms with Crippen molar-refractivity contribution in [3.05, 3.63) is 90.5 Å². The first-order chi connectivity index (χ1) is 11.8. The van der Waals surface area contributed by atoms with Crippen LogP contribution in [0.4, 0.5) is 0 Å². The van der Waals surface area contributed by atoms with Crippen LogP contribution in [0.3, 0.4) is 0 Å². The van der Waals surface area contributed by atoms with Crippen LogP contribution in [0.5, 0.6) is 5.75 Å².